The van der Waals surface area contributed by atoms with Crippen molar-refractivity contribution < 1.29 is 14.3 Å². The second-order valence-corrected chi connectivity index (χ2v) is 6.87. The van der Waals surface area contributed by atoms with Gasteiger partial charge in [0.15, 0.2) is 0 Å². The second kappa shape index (κ2) is 6.82. The van der Waals surface area contributed by atoms with Crippen LogP contribution in [0.3, 0.4) is 0 Å². The first-order valence-corrected chi connectivity index (χ1v) is 7.82. The van der Waals surface area contributed by atoms with Crippen molar-refractivity contribution >= 4 is 11.9 Å². The van der Waals surface area contributed by atoms with Gasteiger partial charge in [-0.3, -0.25) is 9.59 Å². The smallest absolute Gasteiger partial charge is 0.314 e. The number of amides is 1. The summed E-state index contributed by atoms with van der Waals surface area (Å²) in [7, 11) is 0. The number of benzene rings is 1. The maximum atomic E-state index is 12.2. The van der Waals surface area contributed by atoms with Crippen molar-refractivity contribution in [2.75, 3.05) is 13.1 Å². The SMILES string of the molecule is CC(C)(C)C(=O)N1CCC(C(=O)Oc2ccc(C#N)cc2)CC1. The number of likely N-dealkylation sites (tertiary alicyclic amines) is 1. The first-order valence-electron chi connectivity index (χ1n) is 7.82. The van der Waals surface area contributed by atoms with E-state index < -0.39 is 5.41 Å². The van der Waals surface area contributed by atoms with E-state index in [-0.39, 0.29) is 17.8 Å². The summed E-state index contributed by atoms with van der Waals surface area (Å²) in [5, 5.41) is 8.75. The number of esters is 1. The van der Waals surface area contributed by atoms with Gasteiger partial charge in [-0.05, 0) is 37.1 Å². The molecule has 1 amide bonds. The zero-order chi connectivity index (χ0) is 17.0. The minimum Gasteiger partial charge on any atom is -0.426 e. The lowest BCUT2D eigenvalue weighted by Crippen LogP contribution is -2.45. The van der Waals surface area contributed by atoms with Crippen LogP contribution >= 0.6 is 0 Å². The van der Waals surface area contributed by atoms with E-state index in [9.17, 15) is 9.59 Å². The Hall–Kier alpha value is -2.35. The van der Waals surface area contributed by atoms with Crippen LogP contribution in [0.25, 0.3) is 0 Å². The zero-order valence-corrected chi connectivity index (χ0v) is 13.8. The fourth-order valence-electron chi connectivity index (χ4n) is 2.59. The van der Waals surface area contributed by atoms with Crippen LogP contribution in [-0.4, -0.2) is 29.9 Å². The van der Waals surface area contributed by atoms with Gasteiger partial charge in [-0.15, -0.1) is 0 Å². The fraction of sp³-hybridized carbons (Fsp3) is 0.500. The predicted molar refractivity (Wildman–Crippen MR) is 85.6 cm³/mol. The van der Waals surface area contributed by atoms with E-state index in [1.54, 1.807) is 24.3 Å². The van der Waals surface area contributed by atoms with Gasteiger partial charge in [-0.1, -0.05) is 20.8 Å². The van der Waals surface area contributed by atoms with Crippen LogP contribution in [0.5, 0.6) is 5.75 Å². The molecule has 1 aromatic rings. The highest BCUT2D eigenvalue weighted by Crippen LogP contribution is 2.25. The van der Waals surface area contributed by atoms with E-state index in [0.717, 1.165) is 0 Å². The Bertz CT molecular complexity index is 615. The summed E-state index contributed by atoms with van der Waals surface area (Å²) < 4.78 is 5.36. The molecule has 0 N–H and O–H groups in total. The maximum absolute atomic E-state index is 12.2. The summed E-state index contributed by atoms with van der Waals surface area (Å²) in [6.45, 7) is 6.88. The normalized spacial score (nSPS) is 15.8. The molecule has 0 unspecified atom stereocenters. The number of hydrogen-bond acceptors (Lipinski definition) is 4. The quantitative estimate of drug-likeness (QED) is 0.621. The molecule has 1 aliphatic rings. The highest BCUT2D eigenvalue weighted by Gasteiger charge is 2.33. The summed E-state index contributed by atoms with van der Waals surface area (Å²) in [4.78, 5) is 26.3. The highest BCUT2D eigenvalue weighted by atomic mass is 16.5. The van der Waals surface area contributed by atoms with Crippen molar-refractivity contribution in [1.29, 1.82) is 5.26 Å². The van der Waals surface area contributed by atoms with E-state index in [1.807, 2.05) is 31.7 Å². The molecular weight excluding hydrogens is 292 g/mol. The number of nitriles is 1. The third-order valence-corrected chi connectivity index (χ3v) is 3.96. The number of ether oxygens (including phenoxy) is 1. The van der Waals surface area contributed by atoms with E-state index in [1.165, 1.54) is 0 Å². The summed E-state index contributed by atoms with van der Waals surface area (Å²) in [5.74, 6) is 0.117. The number of hydrogen-bond donors (Lipinski definition) is 0. The summed E-state index contributed by atoms with van der Waals surface area (Å²) in [6, 6.07) is 8.50. The zero-order valence-electron chi connectivity index (χ0n) is 13.8. The molecular formula is C18H22N2O3. The molecule has 0 aliphatic carbocycles. The third kappa shape index (κ3) is 4.32. The van der Waals surface area contributed by atoms with Gasteiger partial charge < -0.3 is 9.64 Å². The molecule has 5 nitrogen and oxygen atoms in total. The van der Waals surface area contributed by atoms with E-state index in [2.05, 4.69) is 0 Å². The van der Waals surface area contributed by atoms with Gasteiger partial charge in [-0.25, -0.2) is 0 Å². The van der Waals surface area contributed by atoms with Gasteiger partial charge in [0.2, 0.25) is 5.91 Å². The third-order valence-electron chi connectivity index (χ3n) is 3.96. The second-order valence-electron chi connectivity index (χ2n) is 6.87. The van der Waals surface area contributed by atoms with Gasteiger partial charge in [-0.2, -0.15) is 5.26 Å². The van der Waals surface area contributed by atoms with Crippen molar-refractivity contribution in [2.45, 2.75) is 33.6 Å². The average molecular weight is 314 g/mol. The first-order chi connectivity index (χ1) is 10.8. The van der Waals surface area contributed by atoms with E-state index >= 15 is 0 Å². The molecule has 122 valence electrons. The van der Waals surface area contributed by atoms with Crippen LogP contribution in [0.2, 0.25) is 0 Å². The van der Waals surface area contributed by atoms with Crippen LogP contribution in [0.15, 0.2) is 24.3 Å². The largest absolute Gasteiger partial charge is 0.426 e. The summed E-state index contributed by atoms with van der Waals surface area (Å²) in [5.41, 5.74) is 0.134. The van der Waals surface area contributed by atoms with Crippen molar-refractivity contribution in [3.05, 3.63) is 29.8 Å². The molecule has 23 heavy (non-hydrogen) atoms. The lowest BCUT2D eigenvalue weighted by atomic mass is 9.91. The van der Waals surface area contributed by atoms with E-state index in [0.29, 0.717) is 37.2 Å². The topological polar surface area (TPSA) is 70.4 Å². The van der Waals surface area contributed by atoms with Gasteiger partial charge >= 0.3 is 5.97 Å². The summed E-state index contributed by atoms with van der Waals surface area (Å²) in [6.07, 6.45) is 1.24. The predicted octanol–water partition coefficient (Wildman–Crippen LogP) is 2.75. The van der Waals surface area contributed by atoms with Crippen LogP contribution in [0.4, 0.5) is 0 Å². The monoisotopic (exact) mass is 314 g/mol. The molecule has 1 heterocycles. The Morgan fingerprint density at radius 2 is 1.74 bits per heavy atom. The van der Waals surface area contributed by atoms with Crippen molar-refractivity contribution in [3.8, 4) is 11.8 Å². The molecule has 1 aromatic carbocycles. The molecule has 1 saturated heterocycles. The van der Waals surface area contributed by atoms with Crippen LogP contribution < -0.4 is 4.74 Å². The number of nitrogens with zero attached hydrogens (tertiary/aromatic N) is 2. The Balaban J connectivity index is 1.88. The minimum atomic E-state index is -0.393. The van der Waals surface area contributed by atoms with Crippen LogP contribution in [0.1, 0.15) is 39.2 Å². The molecule has 0 spiro atoms. The van der Waals surface area contributed by atoms with Crippen LogP contribution in [-0.2, 0) is 9.59 Å². The number of carbonyl (C=O) groups excluding carboxylic acids is 2. The molecule has 2 rings (SSSR count). The van der Waals surface area contributed by atoms with Crippen molar-refractivity contribution in [2.24, 2.45) is 11.3 Å². The lowest BCUT2D eigenvalue weighted by Gasteiger charge is -2.34. The molecule has 5 heteroatoms. The highest BCUT2D eigenvalue weighted by molar-refractivity contribution is 5.82. The minimum absolute atomic E-state index is 0.122. The van der Waals surface area contributed by atoms with Crippen molar-refractivity contribution in [1.82, 2.24) is 4.90 Å². The molecule has 0 saturated carbocycles. The van der Waals surface area contributed by atoms with Crippen molar-refractivity contribution in [3.63, 3.8) is 0 Å². The van der Waals surface area contributed by atoms with E-state index in [4.69, 9.17) is 10.00 Å². The van der Waals surface area contributed by atoms with Gasteiger partial charge in [0.25, 0.3) is 0 Å². The number of carbonyl (C=O) groups is 2. The Labute approximate surface area is 136 Å². The molecule has 1 fully saturated rings. The van der Waals surface area contributed by atoms with Gasteiger partial charge in [0.1, 0.15) is 5.75 Å². The Morgan fingerprint density at radius 1 is 1.17 bits per heavy atom. The first kappa shape index (κ1) is 17.0. The average Bonchev–Trinajstić information content (AvgIpc) is 2.54. The number of piperidine rings is 1. The molecule has 0 radical (unpaired) electrons. The Kier molecular flexibility index (Phi) is 5.05. The molecule has 0 bridgehead atoms. The Morgan fingerprint density at radius 3 is 2.22 bits per heavy atom. The molecule has 0 atom stereocenters. The lowest BCUT2D eigenvalue weighted by molar-refractivity contribution is -0.146. The number of rotatable bonds is 2. The standard InChI is InChI=1S/C18H22N2O3/c1-18(2,3)17(22)20-10-8-14(9-11-20)16(21)23-15-6-4-13(12-19)5-7-15/h4-7,14H,8-11H2,1-3H3. The van der Waals surface area contributed by atoms with Gasteiger partial charge in [0.05, 0.1) is 17.6 Å². The molecule has 1 aliphatic heterocycles. The van der Waals surface area contributed by atoms with Crippen LogP contribution in [0, 0.1) is 22.7 Å². The summed E-state index contributed by atoms with van der Waals surface area (Å²) >= 11 is 0. The fourth-order valence-corrected chi connectivity index (χ4v) is 2.59. The maximum Gasteiger partial charge on any atom is 0.314 e. The molecule has 0 aromatic heterocycles. The van der Waals surface area contributed by atoms with Gasteiger partial charge in [0, 0.05) is 18.5 Å².